The third-order valence-electron chi connectivity index (χ3n) is 3.20. The van der Waals surface area contributed by atoms with E-state index in [9.17, 15) is 9.59 Å². The second kappa shape index (κ2) is 7.68. The third kappa shape index (κ3) is 5.03. The molecule has 0 spiro atoms. The lowest BCUT2D eigenvalue weighted by Crippen LogP contribution is -2.33. The summed E-state index contributed by atoms with van der Waals surface area (Å²) in [6.45, 7) is 6.29. The number of carboxylic acid groups (broad SMARTS) is 1. The molecule has 0 fully saturated rings. The Balaban J connectivity index is 2.60. The second-order valence-corrected chi connectivity index (χ2v) is 5.55. The molecule has 1 unspecified atom stereocenters. The molecule has 0 aliphatic carbocycles. The topological polar surface area (TPSA) is 66.4 Å². The zero-order valence-electron chi connectivity index (χ0n) is 12.3. The molecule has 1 aromatic carbocycles. The van der Waals surface area contributed by atoms with Crippen molar-refractivity contribution >= 4 is 11.9 Å². The van der Waals surface area contributed by atoms with Crippen LogP contribution < -0.4 is 5.32 Å². The van der Waals surface area contributed by atoms with Crippen LogP contribution >= 0.6 is 0 Å². The summed E-state index contributed by atoms with van der Waals surface area (Å²) in [5.74, 6) is -0.742. The fraction of sp³-hybridized carbons (Fsp3) is 0.500. The predicted molar refractivity (Wildman–Crippen MR) is 79.0 cm³/mol. The highest BCUT2D eigenvalue weighted by Gasteiger charge is 2.17. The van der Waals surface area contributed by atoms with Crippen molar-refractivity contribution in [2.24, 2.45) is 5.92 Å². The van der Waals surface area contributed by atoms with E-state index in [-0.39, 0.29) is 23.1 Å². The number of benzene rings is 1. The summed E-state index contributed by atoms with van der Waals surface area (Å²) in [5, 5.41) is 11.9. The summed E-state index contributed by atoms with van der Waals surface area (Å²) >= 11 is 0. The minimum atomic E-state index is -1.08. The van der Waals surface area contributed by atoms with Crippen LogP contribution in [0.5, 0.6) is 0 Å². The van der Waals surface area contributed by atoms with Crippen molar-refractivity contribution in [1.82, 2.24) is 5.32 Å². The van der Waals surface area contributed by atoms with Gasteiger partial charge in [-0.05, 0) is 31.4 Å². The summed E-state index contributed by atoms with van der Waals surface area (Å²) in [4.78, 5) is 23.2. The van der Waals surface area contributed by atoms with Gasteiger partial charge in [0.1, 0.15) is 0 Å². The predicted octanol–water partition coefficient (Wildman–Crippen LogP) is 3.33. The van der Waals surface area contributed by atoms with E-state index in [1.54, 1.807) is 18.2 Å². The Labute approximate surface area is 120 Å². The first-order valence-corrected chi connectivity index (χ1v) is 7.05. The number of hydrogen-bond donors (Lipinski definition) is 2. The zero-order valence-corrected chi connectivity index (χ0v) is 12.3. The van der Waals surface area contributed by atoms with E-state index in [0.29, 0.717) is 5.92 Å². The van der Waals surface area contributed by atoms with Crippen molar-refractivity contribution in [3.05, 3.63) is 35.4 Å². The monoisotopic (exact) mass is 277 g/mol. The van der Waals surface area contributed by atoms with Crippen LogP contribution in [0.4, 0.5) is 0 Å². The maximum Gasteiger partial charge on any atom is 0.336 e. The molecule has 1 rings (SSSR count). The van der Waals surface area contributed by atoms with Crippen LogP contribution in [0.2, 0.25) is 0 Å². The Morgan fingerprint density at radius 1 is 1.10 bits per heavy atom. The van der Waals surface area contributed by atoms with E-state index in [2.05, 4.69) is 19.2 Å². The average Bonchev–Trinajstić information content (AvgIpc) is 2.38. The van der Waals surface area contributed by atoms with Crippen molar-refractivity contribution in [3.63, 3.8) is 0 Å². The fourth-order valence-electron chi connectivity index (χ4n) is 2.07. The first-order chi connectivity index (χ1) is 9.41. The number of rotatable bonds is 7. The molecule has 0 radical (unpaired) electrons. The summed E-state index contributed by atoms with van der Waals surface area (Å²) in [5.41, 5.74) is 0.259. The molecule has 4 nitrogen and oxygen atoms in total. The van der Waals surface area contributed by atoms with Gasteiger partial charge in [-0.3, -0.25) is 4.79 Å². The van der Waals surface area contributed by atoms with Crippen molar-refractivity contribution in [2.75, 3.05) is 0 Å². The normalized spacial score (nSPS) is 12.2. The number of carbonyl (C=O) groups excluding carboxylic acids is 1. The Bertz CT molecular complexity index is 469. The average molecular weight is 277 g/mol. The molecule has 1 aromatic rings. The Morgan fingerprint density at radius 2 is 1.70 bits per heavy atom. The molecule has 2 N–H and O–H groups in total. The first-order valence-electron chi connectivity index (χ1n) is 7.05. The molecule has 0 bridgehead atoms. The highest BCUT2D eigenvalue weighted by Crippen LogP contribution is 2.11. The summed E-state index contributed by atoms with van der Waals surface area (Å²) < 4.78 is 0. The summed E-state index contributed by atoms with van der Waals surface area (Å²) in [6, 6.07) is 6.32. The van der Waals surface area contributed by atoms with Crippen molar-refractivity contribution in [2.45, 2.75) is 46.1 Å². The lowest BCUT2D eigenvalue weighted by Gasteiger charge is -2.15. The Hall–Kier alpha value is -1.84. The van der Waals surface area contributed by atoms with Crippen molar-refractivity contribution in [1.29, 1.82) is 0 Å². The number of carbonyl (C=O) groups is 2. The zero-order chi connectivity index (χ0) is 15.1. The van der Waals surface area contributed by atoms with Gasteiger partial charge in [-0.1, -0.05) is 38.8 Å². The van der Waals surface area contributed by atoms with Crippen LogP contribution in [0.3, 0.4) is 0 Å². The third-order valence-corrected chi connectivity index (χ3v) is 3.20. The largest absolute Gasteiger partial charge is 0.478 e. The van der Waals surface area contributed by atoms with Gasteiger partial charge < -0.3 is 10.4 Å². The van der Waals surface area contributed by atoms with E-state index in [0.717, 1.165) is 19.3 Å². The quantitative estimate of drug-likeness (QED) is 0.803. The summed E-state index contributed by atoms with van der Waals surface area (Å²) in [7, 11) is 0. The van der Waals surface area contributed by atoms with Crippen LogP contribution in [-0.4, -0.2) is 23.0 Å². The highest BCUT2D eigenvalue weighted by molar-refractivity contribution is 6.04. The van der Waals surface area contributed by atoms with Gasteiger partial charge in [-0.15, -0.1) is 0 Å². The molecular formula is C16H23NO3. The van der Waals surface area contributed by atoms with Crippen LogP contribution in [0.15, 0.2) is 24.3 Å². The maximum absolute atomic E-state index is 12.1. The standard InChI is InChI=1S/C16H23NO3/c1-11(2)7-6-8-12(3)17-15(18)13-9-4-5-10-14(13)16(19)20/h4-5,9-12H,6-8H2,1-3H3,(H,17,18)(H,19,20). The van der Waals surface area contributed by atoms with Gasteiger partial charge in [0, 0.05) is 6.04 Å². The maximum atomic E-state index is 12.1. The Kier molecular flexibility index (Phi) is 6.22. The molecule has 0 aliphatic heterocycles. The second-order valence-electron chi connectivity index (χ2n) is 5.55. The minimum Gasteiger partial charge on any atom is -0.478 e. The van der Waals surface area contributed by atoms with Gasteiger partial charge in [-0.2, -0.15) is 0 Å². The molecule has 0 aliphatic rings. The molecule has 1 atom stereocenters. The van der Waals surface area contributed by atoms with E-state index in [1.807, 2.05) is 6.92 Å². The van der Waals surface area contributed by atoms with Gasteiger partial charge in [0.05, 0.1) is 11.1 Å². The molecule has 0 aromatic heterocycles. The molecule has 0 heterocycles. The SMILES string of the molecule is CC(C)CCCC(C)NC(=O)c1ccccc1C(=O)O. The van der Waals surface area contributed by atoms with Gasteiger partial charge in [0.15, 0.2) is 0 Å². The van der Waals surface area contributed by atoms with Crippen LogP contribution in [0.25, 0.3) is 0 Å². The van der Waals surface area contributed by atoms with Crippen molar-refractivity contribution < 1.29 is 14.7 Å². The van der Waals surface area contributed by atoms with Crippen LogP contribution in [0, 0.1) is 5.92 Å². The molecule has 20 heavy (non-hydrogen) atoms. The number of hydrogen-bond acceptors (Lipinski definition) is 2. The van der Waals surface area contributed by atoms with Crippen molar-refractivity contribution in [3.8, 4) is 0 Å². The van der Waals surface area contributed by atoms with Gasteiger partial charge >= 0.3 is 5.97 Å². The lowest BCUT2D eigenvalue weighted by molar-refractivity contribution is 0.0690. The van der Waals surface area contributed by atoms with Gasteiger partial charge in [0.25, 0.3) is 5.91 Å². The van der Waals surface area contributed by atoms with Crippen LogP contribution in [-0.2, 0) is 0 Å². The molecule has 1 amide bonds. The fourth-order valence-corrected chi connectivity index (χ4v) is 2.07. The first kappa shape index (κ1) is 16.2. The molecular weight excluding hydrogens is 254 g/mol. The van der Waals surface area contributed by atoms with E-state index >= 15 is 0 Å². The molecule has 110 valence electrons. The number of amides is 1. The van der Waals surface area contributed by atoms with E-state index < -0.39 is 5.97 Å². The molecule has 0 saturated heterocycles. The summed E-state index contributed by atoms with van der Waals surface area (Å²) in [6.07, 6.45) is 3.09. The van der Waals surface area contributed by atoms with Gasteiger partial charge in [-0.25, -0.2) is 4.79 Å². The molecule has 4 heteroatoms. The van der Waals surface area contributed by atoms with Crippen LogP contribution in [0.1, 0.15) is 60.7 Å². The number of carboxylic acids is 1. The Morgan fingerprint density at radius 3 is 2.25 bits per heavy atom. The minimum absolute atomic E-state index is 0.0411. The number of aromatic carboxylic acids is 1. The smallest absolute Gasteiger partial charge is 0.336 e. The number of nitrogens with one attached hydrogen (secondary N) is 1. The van der Waals surface area contributed by atoms with Gasteiger partial charge in [0.2, 0.25) is 0 Å². The lowest BCUT2D eigenvalue weighted by atomic mass is 10.0. The highest BCUT2D eigenvalue weighted by atomic mass is 16.4. The molecule has 0 saturated carbocycles. The van der Waals surface area contributed by atoms with E-state index in [1.165, 1.54) is 6.07 Å². The van der Waals surface area contributed by atoms with E-state index in [4.69, 9.17) is 5.11 Å².